The highest BCUT2D eigenvalue weighted by atomic mass is 35.5. The number of nitrogens with one attached hydrogen (secondary N) is 4. The first-order valence-corrected chi connectivity index (χ1v) is 13.6. The molecule has 5 rings (SSSR count). The molecular weight excluding hydrogens is 550 g/mol. The SMILES string of the molecule is CC(C)(O)CN[C@H]1CN(c2cc(C#N)cc(Nc3nc(NC4CC4)c4ncc(C#N)n4n3)c2Cl)CC[C@@H]1NC(=O)O. The molecular formula is C26H30ClN11O3. The monoisotopic (exact) mass is 579 g/mol. The summed E-state index contributed by atoms with van der Waals surface area (Å²) in [6, 6.07) is 7.06. The Hall–Kier alpha value is -4.37. The molecule has 1 amide bonds. The number of carbonyl (C=O) groups is 1. The number of benzene rings is 1. The van der Waals surface area contributed by atoms with Gasteiger partial charge in [0, 0.05) is 31.7 Å². The minimum absolute atomic E-state index is 0.159. The van der Waals surface area contributed by atoms with Crippen LogP contribution in [0.15, 0.2) is 18.3 Å². The highest BCUT2D eigenvalue weighted by Crippen LogP contribution is 2.37. The fraction of sp³-hybridized carbons (Fsp3) is 0.462. The molecule has 1 aliphatic heterocycles. The second-order valence-corrected chi connectivity index (χ2v) is 11.3. The number of amides is 1. The van der Waals surface area contributed by atoms with Crippen molar-refractivity contribution in [2.45, 2.75) is 56.8 Å². The average Bonchev–Trinajstić information content (AvgIpc) is 3.64. The van der Waals surface area contributed by atoms with E-state index in [9.17, 15) is 25.5 Å². The number of carboxylic acid groups (broad SMARTS) is 1. The average molecular weight is 580 g/mol. The molecule has 15 heteroatoms. The maximum atomic E-state index is 11.4. The Morgan fingerprint density at radius 3 is 2.66 bits per heavy atom. The van der Waals surface area contributed by atoms with Crippen LogP contribution in [0.1, 0.15) is 44.4 Å². The van der Waals surface area contributed by atoms with Crippen LogP contribution >= 0.6 is 11.6 Å². The highest BCUT2D eigenvalue weighted by Gasteiger charge is 2.33. The number of fused-ring (bicyclic) bond motifs is 1. The topological polar surface area (TPSA) is 200 Å². The lowest BCUT2D eigenvalue weighted by Gasteiger charge is -2.41. The summed E-state index contributed by atoms with van der Waals surface area (Å²) < 4.78 is 1.40. The summed E-state index contributed by atoms with van der Waals surface area (Å²) in [4.78, 5) is 22.2. The first kappa shape index (κ1) is 28.2. The maximum absolute atomic E-state index is 11.4. The molecule has 2 fully saturated rings. The fourth-order valence-corrected chi connectivity index (χ4v) is 5.01. The molecule has 0 unspecified atom stereocenters. The molecule has 2 atom stereocenters. The summed E-state index contributed by atoms with van der Waals surface area (Å²) in [6.07, 6.45) is 2.79. The lowest BCUT2D eigenvalue weighted by molar-refractivity contribution is 0.0738. The van der Waals surface area contributed by atoms with Gasteiger partial charge in [-0.3, -0.25) is 0 Å². The minimum Gasteiger partial charge on any atom is -0.465 e. The van der Waals surface area contributed by atoms with E-state index in [4.69, 9.17) is 11.6 Å². The van der Waals surface area contributed by atoms with Crippen molar-refractivity contribution in [3.63, 3.8) is 0 Å². The van der Waals surface area contributed by atoms with Gasteiger partial charge < -0.3 is 36.4 Å². The minimum atomic E-state index is -1.13. The largest absolute Gasteiger partial charge is 0.465 e. The molecule has 41 heavy (non-hydrogen) atoms. The molecule has 2 aromatic heterocycles. The molecule has 0 bridgehead atoms. The smallest absolute Gasteiger partial charge is 0.404 e. The van der Waals surface area contributed by atoms with Gasteiger partial charge in [0.05, 0.1) is 45.9 Å². The number of piperidine rings is 1. The van der Waals surface area contributed by atoms with E-state index in [0.29, 0.717) is 52.9 Å². The molecule has 1 saturated heterocycles. The molecule has 14 nitrogen and oxygen atoms in total. The normalized spacial score (nSPS) is 18.9. The Balaban J connectivity index is 1.46. The quantitative estimate of drug-likeness (QED) is 0.216. The van der Waals surface area contributed by atoms with Crippen molar-refractivity contribution in [3.8, 4) is 12.1 Å². The van der Waals surface area contributed by atoms with E-state index in [1.54, 1.807) is 26.0 Å². The van der Waals surface area contributed by atoms with Crippen LogP contribution in [0.5, 0.6) is 0 Å². The summed E-state index contributed by atoms with van der Waals surface area (Å²) in [5.74, 6) is 0.639. The number of halogens is 1. The number of aliphatic hydroxyl groups is 1. The van der Waals surface area contributed by atoms with Gasteiger partial charge in [0.15, 0.2) is 17.2 Å². The molecule has 1 aliphatic carbocycles. The Bertz CT molecular complexity index is 1550. The van der Waals surface area contributed by atoms with Crippen LogP contribution in [0.3, 0.4) is 0 Å². The van der Waals surface area contributed by atoms with Gasteiger partial charge in [0.25, 0.3) is 0 Å². The van der Waals surface area contributed by atoms with Crippen LogP contribution in [0, 0.1) is 22.7 Å². The lowest BCUT2D eigenvalue weighted by Crippen LogP contribution is -2.61. The Morgan fingerprint density at radius 1 is 1.22 bits per heavy atom. The van der Waals surface area contributed by atoms with E-state index in [1.807, 2.05) is 4.90 Å². The molecule has 1 aromatic carbocycles. The van der Waals surface area contributed by atoms with Crippen molar-refractivity contribution >= 4 is 46.5 Å². The third-order valence-electron chi connectivity index (χ3n) is 6.88. The number of aromatic nitrogens is 4. The number of rotatable bonds is 9. The summed E-state index contributed by atoms with van der Waals surface area (Å²) in [6.45, 7) is 4.42. The van der Waals surface area contributed by atoms with E-state index in [1.165, 1.54) is 10.7 Å². The van der Waals surface area contributed by atoms with Gasteiger partial charge in [-0.2, -0.15) is 20.0 Å². The number of nitriles is 2. The van der Waals surface area contributed by atoms with Gasteiger partial charge in [-0.05, 0) is 45.2 Å². The van der Waals surface area contributed by atoms with E-state index in [2.05, 4.69) is 48.5 Å². The van der Waals surface area contributed by atoms with Crippen molar-refractivity contribution < 1.29 is 15.0 Å². The molecule has 0 spiro atoms. The third kappa shape index (κ3) is 6.52. The first-order chi connectivity index (χ1) is 19.5. The Labute approximate surface area is 240 Å². The van der Waals surface area contributed by atoms with Crippen molar-refractivity contribution in [2.24, 2.45) is 0 Å². The van der Waals surface area contributed by atoms with Crippen molar-refractivity contribution in [1.82, 2.24) is 30.2 Å². The van der Waals surface area contributed by atoms with E-state index < -0.39 is 11.7 Å². The zero-order valence-electron chi connectivity index (χ0n) is 22.5. The number of nitrogens with zero attached hydrogens (tertiary/aromatic N) is 7. The summed E-state index contributed by atoms with van der Waals surface area (Å²) in [7, 11) is 0. The highest BCUT2D eigenvalue weighted by molar-refractivity contribution is 6.36. The summed E-state index contributed by atoms with van der Waals surface area (Å²) >= 11 is 6.90. The molecule has 3 aromatic rings. The third-order valence-corrected chi connectivity index (χ3v) is 7.28. The summed E-state index contributed by atoms with van der Waals surface area (Å²) in [5.41, 5.74) is 0.984. The van der Waals surface area contributed by atoms with Crippen LogP contribution in [-0.4, -0.2) is 79.2 Å². The molecule has 2 aliphatic rings. The predicted octanol–water partition coefficient (Wildman–Crippen LogP) is 2.41. The second kappa shape index (κ2) is 11.2. The zero-order chi connectivity index (χ0) is 29.3. The van der Waals surface area contributed by atoms with Crippen LogP contribution in [0.4, 0.5) is 27.9 Å². The Morgan fingerprint density at radius 2 is 2.00 bits per heavy atom. The van der Waals surface area contributed by atoms with Gasteiger partial charge in [-0.15, -0.1) is 5.10 Å². The first-order valence-electron chi connectivity index (χ1n) is 13.2. The number of hydrogen-bond donors (Lipinski definition) is 6. The van der Waals surface area contributed by atoms with Gasteiger partial charge in [-0.1, -0.05) is 11.6 Å². The van der Waals surface area contributed by atoms with Crippen LogP contribution < -0.4 is 26.2 Å². The van der Waals surface area contributed by atoms with Crippen molar-refractivity contribution in [3.05, 3.63) is 34.6 Å². The summed E-state index contributed by atoms with van der Waals surface area (Å²) in [5, 5.41) is 55.9. The number of anilines is 4. The fourth-order valence-electron chi connectivity index (χ4n) is 4.73. The van der Waals surface area contributed by atoms with Crippen LogP contribution in [0.2, 0.25) is 5.02 Å². The van der Waals surface area contributed by atoms with E-state index in [-0.39, 0.29) is 36.3 Å². The standard InChI is InChI=1S/C26H30ClN11O3/c1-26(2,41)13-31-19-12-37(6-5-17(19)34-25(39)40)20-8-14(9-28)7-18(21(20)27)33-24-35-22(32-15-3-4-15)23-30-11-16(10-29)38(23)36-24/h7-8,11,15,17,19,31,34,41H,3-6,12-13H2,1-2H3,(H,39,40)(H2,32,33,35,36)/t17-,19-/m0/s1. The molecule has 0 radical (unpaired) electrons. The van der Waals surface area contributed by atoms with Gasteiger partial charge in [-0.25, -0.2) is 9.78 Å². The second-order valence-electron chi connectivity index (χ2n) is 10.9. The molecule has 6 N–H and O–H groups in total. The predicted molar refractivity (Wildman–Crippen MR) is 151 cm³/mol. The maximum Gasteiger partial charge on any atom is 0.404 e. The van der Waals surface area contributed by atoms with Gasteiger partial charge in [0.1, 0.15) is 6.07 Å². The number of imidazole rings is 1. The van der Waals surface area contributed by atoms with E-state index >= 15 is 0 Å². The van der Waals surface area contributed by atoms with E-state index in [0.717, 1.165) is 12.8 Å². The zero-order valence-corrected chi connectivity index (χ0v) is 23.3. The van der Waals surface area contributed by atoms with Crippen molar-refractivity contribution in [1.29, 1.82) is 10.5 Å². The van der Waals surface area contributed by atoms with Crippen LogP contribution in [-0.2, 0) is 0 Å². The van der Waals surface area contributed by atoms with Crippen LogP contribution in [0.25, 0.3) is 5.65 Å². The van der Waals surface area contributed by atoms with Crippen molar-refractivity contribution in [2.75, 3.05) is 35.2 Å². The molecule has 1 saturated carbocycles. The van der Waals surface area contributed by atoms with Gasteiger partial charge >= 0.3 is 6.09 Å². The Kier molecular flexibility index (Phi) is 7.73. The van der Waals surface area contributed by atoms with Gasteiger partial charge in [0.2, 0.25) is 5.95 Å². The number of hydrogen-bond acceptors (Lipinski definition) is 11. The molecule has 214 valence electrons. The lowest BCUT2D eigenvalue weighted by atomic mass is 9.97. The molecule has 3 heterocycles.